The van der Waals surface area contributed by atoms with Crippen molar-refractivity contribution in [3.63, 3.8) is 0 Å². The third-order valence-electron chi connectivity index (χ3n) is 4.98. The van der Waals surface area contributed by atoms with Gasteiger partial charge in [0.2, 0.25) is 5.83 Å². The normalized spacial score (nSPS) is 17.2. The fourth-order valence-corrected chi connectivity index (χ4v) is 3.50. The first-order chi connectivity index (χ1) is 11.9. The van der Waals surface area contributed by atoms with Crippen LogP contribution < -0.4 is 4.74 Å². The van der Waals surface area contributed by atoms with Gasteiger partial charge < -0.3 is 9.84 Å². The zero-order chi connectivity index (χ0) is 19.9. The average molecular weight is 360 g/mol. The SMILES string of the molecule is CCOc1cc2c(cc1/C(C)=C(/F)C(=O)O)C(C(C)(C)C)=CCC2(C)C. The average Bonchev–Trinajstić information content (AvgIpc) is 2.52. The van der Waals surface area contributed by atoms with Crippen molar-refractivity contribution >= 4 is 17.1 Å². The van der Waals surface area contributed by atoms with E-state index in [1.807, 2.05) is 19.1 Å². The molecule has 0 atom stereocenters. The molecule has 142 valence electrons. The van der Waals surface area contributed by atoms with Crippen molar-refractivity contribution in [2.24, 2.45) is 5.41 Å². The van der Waals surface area contributed by atoms with E-state index < -0.39 is 11.8 Å². The molecule has 3 nitrogen and oxygen atoms in total. The Kier molecular flexibility index (Phi) is 5.36. The molecule has 0 bridgehead atoms. The molecular weight excluding hydrogens is 331 g/mol. The first-order valence-electron chi connectivity index (χ1n) is 9.02. The van der Waals surface area contributed by atoms with E-state index >= 15 is 0 Å². The molecule has 1 aromatic rings. The summed E-state index contributed by atoms with van der Waals surface area (Å²) in [6.07, 6.45) is 3.16. The molecule has 1 aliphatic rings. The predicted molar refractivity (Wildman–Crippen MR) is 104 cm³/mol. The number of allylic oxidation sites excluding steroid dienone is 3. The van der Waals surface area contributed by atoms with Gasteiger partial charge in [0.05, 0.1) is 6.61 Å². The molecule has 0 aromatic heterocycles. The number of carboxylic acid groups (broad SMARTS) is 1. The maximum atomic E-state index is 14.2. The molecule has 26 heavy (non-hydrogen) atoms. The van der Waals surface area contributed by atoms with E-state index in [0.717, 1.165) is 17.5 Å². The molecule has 0 heterocycles. The number of ether oxygens (including phenoxy) is 1. The highest BCUT2D eigenvalue weighted by atomic mass is 19.1. The topological polar surface area (TPSA) is 46.5 Å². The first kappa shape index (κ1) is 20.2. The van der Waals surface area contributed by atoms with Crippen molar-refractivity contribution < 1.29 is 19.0 Å². The Morgan fingerprint density at radius 2 is 1.92 bits per heavy atom. The van der Waals surface area contributed by atoms with E-state index in [1.54, 1.807) is 0 Å². The summed E-state index contributed by atoms with van der Waals surface area (Å²) in [5, 5.41) is 9.05. The van der Waals surface area contributed by atoms with Gasteiger partial charge in [-0.2, -0.15) is 4.39 Å². The second-order valence-electron chi connectivity index (χ2n) is 8.53. The lowest BCUT2D eigenvalue weighted by molar-refractivity contribution is -0.134. The Balaban J connectivity index is 2.83. The van der Waals surface area contributed by atoms with Crippen LogP contribution in [-0.4, -0.2) is 17.7 Å². The first-order valence-corrected chi connectivity index (χ1v) is 9.02. The summed E-state index contributed by atoms with van der Waals surface area (Å²) in [4.78, 5) is 11.1. The number of fused-ring (bicyclic) bond motifs is 1. The van der Waals surface area contributed by atoms with Crippen molar-refractivity contribution in [3.05, 3.63) is 40.7 Å². The number of aliphatic carboxylic acids is 1. The van der Waals surface area contributed by atoms with Crippen LogP contribution in [0, 0.1) is 5.41 Å². The van der Waals surface area contributed by atoms with Crippen molar-refractivity contribution in [2.45, 2.75) is 60.3 Å². The van der Waals surface area contributed by atoms with Gasteiger partial charge in [-0.15, -0.1) is 0 Å². The smallest absolute Gasteiger partial charge is 0.365 e. The van der Waals surface area contributed by atoms with E-state index in [2.05, 4.69) is 40.7 Å². The maximum absolute atomic E-state index is 14.2. The predicted octanol–water partition coefficient (Wildman–Crippen LogP) is 5.98. The van der Waals surface area contributed by atoms with Crippen LogP contribution in [0.3, 0.4) is 0 Å². The highest BCUT2D eigenvalue weighted by molar-refractivity contribution is 5.95. The summed E-state index contributed by atoms with van der Waals surface area (Å²) in [7, 11) is 0. The van der Waals surface area contributed by atoms with Gasteiger partial charge in [-0.1, -0.05) is 40.7 Å². The number of halogens is 1. The van der Waals surface area contributed by atoms with Crippen molar-refractivity contribution in [1.82, 2.24) is 0 Å². The number of carbonyl (C=O) groups is 1. The summed E-state index contributed by atoms with van der Waals surface area (Å²) in [6.45, 7) is 14.6. The minimum atomic E-state index is -1.56. The molecule has 0 saturated carbocycles. The van der Waals surface area contributed by atoms with Crippen LogP contribution in [0.4, 0.5) is 4.39 Å². The second kappa shape index (κ2) is 6.90. The molecule has 2 rings (SSSR count). The Morgan fingerprint density at radius 3 is 2.42 bits per heavy atom. The highest BCUT2D eigenvalue weighted by Gasteiger charge is 2.34. The number of benzene rings is 1. The van der Waals surface area contributed by atoms with E-state index in [0.29, 0.717) is 17.9 Å². The quantitative estimate of drug-likeness (QED) is 0.672. The van der Waals surface area contributed by atoms with Crippen LogP contribution in [0.5, 0.6) is 5.75 Å². The van der Waals surface area contributed by atoms with Crippen molar-refractivity contribution in [1.29, 1.82) is 0 Å². The Hall–Kier alpha value is -2.10. The van der Waals surface area contributed by atoms with Gasteiger partial charge in [0.25, 0.3) is 0 Å². The highest BCUT2D eigenvalue weighted by Crippen LogP contribution is 2.48. The van der Waals surface area contributed by atoms with Crippen LogP contribution in [0.25, 0.3) is 11.1 Å². The van der Waals surface area contributed by atoms with Gasteiger partial charge in [-0.25, -0.2) is 4.79 Å². The Bertz CT molecular complexity index is 792. The van der Waals surface area contributed by atoms with Crippen LogP contribution in [-0.2, 0) is 10.2 Å². The Labute approximate surface area is 155 Å². The number of carboxylic acids is 1. The number of rotatable bonds is 4. The summed E-state index contributed by atoms with van der Waals surface area (Å²) in [6, 6.07) is 3.86. The van der Waals surface area contributed by atoms with Crippen LogP contribution >= 0.6 is 0 Å². The Morgan fingerprint density at radius 1 is 1.31 bits per heavy atom. The molecule has 4 heteroatoms. The molecule has 1 N–H and O–H groups in total. The van der Waals surface area contributed by atoms with Crippen LogP contribution in [0.15, 0.2) is 24.0 Å². The van der Waals surface area contributed by atoms with Gasteiger partial charge in [0.1, 0.15) is 5.75 Å². The lowest BCUT2D eigenvalue weighted by Crippen LogP contribution is -2.25. The van der Waals surface area contributed by atoms with E-state index in [9.17, 15) is 9.18 Å². The molecule has 1 aliphatic carbocycles. The lowest BCUT2D eigenvalue weighted by Gasteiger charge is -2.37. The summed E-state index contributed by atoms with van der Waals surface area (Å²) in [5.74, 6) is -2.18. The molecule has 0 unspecified atom stereocenters. The fraction of sp³-hybridized carbons (Fsp3) is 0.500. The van der Waals surface area contributed by atoms with Crippen LogP contribution in [0.1, 0.15) is 71.6 Å². The van der Waals surface area contributed by atoms with E-state index in [4.69, 9.17) is 9.84 Å². The lowest BCUT2D eigenvalue weighted by atomic mass is 9.67. The molecule has 0 saturated heterocycles. The monoisotopic (exact) mass is 360 g/mol. The fourth-order valence-electron chi connectivity index (χ4n) is 3.50. The summed E-state index contributed by atoms with van der Waals surface area (Å²) in [5.41, 5.74) is 3.83. The minimum Gasteiger partial charge on any atom is -0.493 e. The molecule has 0 spiro atoms. The number of hydrogen-bond acceptors (Lipinski definition) is 2. The molecular formula is C22H29FO3. The molecule has 0 radical (unpaired) electrons. The van der Waals surface area contributed by atoms with Crippen LogP contribution in [0.2, 0.25) is 0 Å². The van der Waals surface area contributed by atoms with Gasteiger partial charge in [0, 0.05) is 11.1 Å². The zero-order valence-corrected chi connectivity index (χ0v) is 16.8. The van der Waals surface area contributed by atoms with E-state index in [1.165, 1.54) is 12.5 Å². The van der Waals surface area contributed by atoms with E-state index in [-0.39, 0.29) is 16.4 Å². The molecule has 1 aromatic carbocycles. The third-order valence-corrected chi connectivity index (χ3v) is 4.98. The van der Waals surface area contributed by atoms with Gasteiger partial charge in [0.15, 0.2) is 0 Å². The van der Waals surface area contributed by atoms with Gasteiger partial charge in [-0.3, -0.25) is 0 Å². The maximum Gasteiger partial charge on any atom is 0.365 e. The molecule has 0 aliphatic heterocycles. The third kappa shape index (κ3) is 3.69. The zero-order valence-electron chi connectivity index (χ0n) is 16.8. The van der Waals surface area contributed by atoms with Gasteiger partial charge in [-0.05, 0) is 59.9 Å². The summed E-state index contributed by atoms with van der Waals surface area (Å²) >= 11 is 0. The number of hydrogen-bond donors (Lipinski definition) is 1. The van der Waals surface area contributed by atoms with Crippen molar-refractivity contribution in [2.75, 3.05) is 6.61 Å². The molecule has 0 amide bonds. The minimum absolute atomic E-state index is 0.0708. The largest absolute Gasteiger partial charge is 0.493 e. The van der Waals surface area contributed by atoms with Gasteiger partial charge >= 0.3 is 5.97 Å². The standard InChI is InChI=1S/C22H29FO3/c1-8-26-18-12-17-15(11-14(18)13(2)19(23)20(24)25)16(21(3,4)5)9-10-22(17,6)7/h9,11-12H,8,10H2,1-7H3,(H,24,25)/b19-13+. The summed E-state index contributed by atoms with van der Waals surface area (Å²) < 4.78 is 19.9. The van der Waals surface area contributed by atoms with Crippen molar-refractivity contribution in [3.8, 4) is 5.75 Å². The second-order valence-corrected chi connectivity index (χ2v) is 8.53. The molecule has 0 fully saturated rings.